The van der Waals surface area contributed by atoms with Crippen molar-refractivity contribution in [2.24, 2.45) is 0 Å². The summed E-state index contributed by atoms with van der Waals surface area (Å²) in [5.74, 6) is 0.192. The van der Waals surface area contributed by atoms with E-state index in [0.717, 1.165) is 25.9 Å². The lowest BCUT2D eigenvalue weighted by molar-refractivity contribution is -0.133. The van der Waals surface area contributed by atoms with Gasteiger partial charge in [0.1, 0.15) is 0 Å². The fourth-order valence-electron chi connectivity index (χ4n) is 1.75. The Morgan fingerprint density at radius 3 is 2.53 bits per heavy atom. The number of aliphatic hydroxyl groups excluding tert-OH is 1. The first-order chi connectivity index (χ1) is 7.15. The van der Waals surface area contributed by atoms with Gasteiger partial charge in [-0.3, -0.25) is 9.69 Å². The smallest absolute Gasteiger partial charge is 0.236 e. The number of hydrogen-bond acceptors (Lipinski definition) is 3. The van der Waals surface area contributed by atoms with Crippen molar-refractivity contribution in [1.29, 1.82) is 0 Å². The molecule has 0 aliphatic carbocycles. The Hall–Kier alpha value is -0.610. The molecule has 4 heteroatoms. The van der Waals surface area contributed by atoms with Crippen LogP contribution >= 0.6 is 0 Å². The molecule has 1 aliphatic heterocycles. The van der Waals surface area contributed by atoms with Gasteiger partial charge in [-0.2, -0.15) is 0 Å². The highest BCUT2D eigenvalue weighted by atomic mass is 16.3. The number of amides is 1. The number of likely N-dealkylation sites (tertiary alicyclic amines) is 1. The SMILES string of the molecule is CC(CO)N(C)CC(=O)N1CCCCC1. The number of carbonyl (C=O) groups excluding carboxylic acids is 1. The molecule has 0 aromatic rings. The van der Waals surface area contributed by atoms with Crippen molar-refractivity contribution in [3.63, 3.8) is 0 Å². The van der Waals surface area contributed by atoms with Crippen molar-refractivity contribution in [3.05, 3.63) is 0 Å². The highest BCUT2D eigenvalue weighted by Crippen LogP contribution is 2.09. The molecule has 15 heavy (non-hydrogen) atoms. The molecular weight excluding hydrogens is 192 g/mol. The maximum absolute atomic E-state index is 11.8. The number of hydrogen-bond donors (Lipinski definition) is 1. The second-order valence-corrected chi connectivity index (χ2v) is 4.39. The maximum Gasteiger partial charge on any atom is 0.236 e. The Kier molecular flexibility index (Phi) is 5.05. The Morgan fingerprint density at radius 2 is 2.00 bits per heavy atom. The summed E-state index contributed by atoms with van der Waals surface area (Å²) in [5.41, 5.74) is 0. The molecule has 1 saturated heterocycles. The molecule has 1 N–H and O–H groups in total. The zero-order valence-corrected chi connectivity index (χ0v) is 9.78. The van der Waals surface area contributed by atoms with Gasteiger partial charge in [0.15, 0.2) is 0 Å². The zero-order chi connectivity index (χ0) is 11.3. The fraction of sp³-hybridized carbons (Fsp3) is 0.909. The van der Waals surface area contributed by atoms with Crippen LogP contribution in [0.3, 0.4) is 0 Å². The van der Waals surface area contributed by atoms with E-state index in [9.17, 15) is 4.79 Å². The van der Waals surface area contributed by atoms with Gasteiger partial charge in [0, 0.05) is 19.1 Å². The van der Waals surface area contributed by atoms with E-state index in [-0.39, 0.29) is 18.6 Å². The molecule has 0 aromatic carbocycles. The Bertz CT molecular complexity index is 203. The summed E-state index contributed by atoms with van der Waals surface area (Å²) < 4.78 is 0. The highest BCUT2D eigenvalue weighted by Gasteiger charge is 2.19. The number of carbonyl (C=O) groups is 1. The quantitative estimate of drug-likeness (QED) is 0.732. The standard InChI is InChI=1S/C11H22N2O2/c1-10(9-14)12(2)8-11(15)13-6-4-3-5-7-13/h10,14H,3-9H2,1-2H3. The van der Waals surface area contributed by atoms with Crippen molar-refractivity contribution in [1.82, 2.24) is 9.80 Å². The topological polar surface area (TPSA) is 43.8 Å². The van der Waals surface area contributed by atoms with Crippen LogP contribution in [-0.4, -0.2) is 60.1 Å². The van der Waals surface area contributed by atoms with Gasteiger partial charge in [0.25, 0.3) is 0 Å². The van der Waals surface area contributed by atoms with Crippen LogP contribution in [0.4, 0.5) is 0 Å². The van der Waals surface area contributed by atoms with Gasteiger partial charge < -0.3 is 10.0 Å². The van der Waals surface area contributed by atoms with E-state index < -0.39 is 0 Å². The first-order valence-corrected chi connectivity index (χ1v) is 5.74. The van der Waals surface area contributed by atoms with Crippen molar-refractivity contribution < 1.29 is 9.90 Å². The van der Waals surface area contributed by atoms with Crippen LogP contribution in [-0.2, 0) is 4.79 Å². The molecule has 1 atom stereocenters. The van der Waals surface area contributed by atoms with E-state index in [2.05, 4.69) is 0 Å². The van der Waals surface area contributed by atoms with Crippen LogP contribution in [0.25, 0.3) is 0 Å². The number of piperidine rings is 1. The molecule has 0 bridgehead atoms. The first-order valence-electron chi connectivity index (χ1n) is 5.74. The summed E-state index contributed by atoms with van der Waals surface area (Å²) in [5, 5.41) is 8.96. The predicted molar refractivity (Wildman–Crippen MR) is 59.6 cm³/mol. The van der Waals surface area contributed by atoms with Gasteiger partial charge in [-0.25, -0.2) is 0 Å². The summed E-state index contributed by atoms with van der Waals surface area (Å²) in [4.78, 5) is 15.7. The second-order valence-electron chi connectivity index (χ2n) is 4.39. The average Bonchev–Trinajstić information content (AvgIpc) is 2.29. The van der Waals surface area contributed by atoms with Crippen molar-refractivity contribution >= 4 is 5.91 Å². The van der Waals surface area contributed by atoms with Crippen molar-refractivity contribution in [2.75, 3.05) is 33.3 Å². The van der Waals surface area contributed by atoms with Crippen LogP contribution < -0.4 is 0 Å². The zero-order valence-electron chi connectivity index (χ0n) is 9.78. The van der Waals surface area contributed by atoms with Gasteiger partial charge in [-0.15, -0.1) is 0 Å². The Balaban J connectivity index is 2.33. The molecule has 1 rings (SSSR count). The largest absolute Gasteiger partial charge is 0.395 e. The Labute approximate surface area is 91.9 Å². The van der Waals surface area contributed by atoms with E-state index in [1.54, 1.807) is 0 Å². The predicted octanol–water partition coefficient (Wildman–Crippen LogP) is 0.311. The summed E-state index contributed by atoms with van der Waals surface area (Å²) in [6.45, 7) is 4.25. The average molecular weight is 214 g/mol. The fourth-order valence-corrected chi connectivity index (χ4v) is 1.75. The second kappa shape index (κ2) is 6.08. The third-order valence-corrected chi connectivity index (χ3v) is 3.11. The third-order valence-electron chi connectivity index (χ3n) is 3.11. The van der Waals surface area contributed by atoms with Gasteiger partial charge in [-0.1, -0.05) is 0 Å². The van der Waals surface area contributed by atoms with Gasteiger partial charge in [-0.05, 0) is 33.2 Å². The summed E-state index contributed by atoms with van der Waals surface area (Å²) in [6, 6.07) is 0.0544. The molecule has 0 saturated carbocycles. The van der Waals surface area contributed by atoms with Crippen LogP contribution in [0, 0.1) is 0 Å². The highest BCUT2D eigenvalue weighted by molar-refractivity contribution is 5.78. The van der Waals surface area contributed by atoms with Crippen LogP contribution in [0.5, 0.6) is 0 Å². The van der Waals surface area contributed by atoms with Crippen LogP contribution in [0.15, 0.2) is 0 Å². The van der Waals surface area contributed by atoms with Crippen LogP contribution in [0.2, 0.25) is 0 Å². The molecule has 0 spiro atoms. The molecule has 1 fully saturated rings. The molecule has 1 aliphatic rings. The van der Waals surface area contributed by atoms with Gasteiger partial charge in [0.05, 0.1) is 13.2 Å². The monoisotopic (exact) mass is 214 g/mol. The molecule has 0 aromatic heterocycles. The number of rotatable bonds is 4. The molecule has 1 heterocycles. The molecule has 88 valence electrons. The normalized spacial score (nSPS) is 19.3. The van der Waals surface area contributed by atoms with Gasteiger partial charge in [0.2, 0.25) is 5.91 Å². The molecule has 1 unspecified atom stereocenters. The molecular formula is C11H22N2O2. The lowest BCUT2D eigenvalue weighted by Crippen LogP contribution is -2.44. The first kappa shape index (κ1) is 12.5. The number of aliphatic hydroxyl groups is 1. The Morgan fingerprint density at radius 1 is 1.40 bits per heavy atom. The number of nitrogens with zero attached hydrogens (tertiary/aromatic N) is 2. The van der Waals surface area contributed by atoms with Crippen molar-refractivity contribution in [3.8, 4) is 0 Å². The summed E-state index contributed by atoms with van der Waals surface area (Å²) in [7, 11) is 1.88. The maximum atomic E-state index is 11.8. The van der Waals surface area contributed by atoms with Crippen molar-refractivity contribution in [2.45, 2.75) is 32.2 Å². The third kappa shape index (κ3) is 3.80. The lowest BCUT2D eigenvalue weighted by Gasteiger charge is -2.30. The van der Waals surface area contributed by atoms with E-state index in [4.69, 9.17) is 5.11 Å². The minimum atomic E-state index is 0.0544. The summed E-state index contributed by atoms with van der Waals surface area (Å²) >= 11 is 0. The van der Waals surface area contributed by atoms with Crippen LogP contribution in [0.1, 0.15) is 26.2 Å². The van der Waals surface area contributed by atoms with E-state index in [1.165, 1.54) is 6.42 Å². The van der Waals surface area contributed by atoms with Gasteiger partial charge >= 0.3 is 0 Å². The van der Waals surface area contributed by atoms with E-state index in [0.29, 0.717) is 6.54 Å². The molecule has 4 nitrogen and oxygen atoms in total. The molecule has 0 radical (unpaired) electrons. The minimum absolute atomic E-state index is 0.0544. The minimum Gasteiger partial charge on any atom is -0.395 e. The number of likely N-dealkylation sites (N-methyl/N-ethyl adjacent to an activating group) is 1. The summed E-state index contributed by atoms with van der Waals surface area (Å²) in [6.07, 6.45) is 3.50. The van der Waals surface area contributed by atoms with E-state index >= 15 is 0 Å². The lowest BCUT2D eigenvalue weighted by atomic mass is 10.1. The molecule has 1 amide bonds. The van der Waals surface area contributed by atoms with E-state index in [1.807, 2.05) is 23.8 Å².